The van der Waals surface area contributed by atoms with E-state index in [1.165, 1.54) is 12.0 Å². The van der Waals surface area contributed by atoms with Crippen LogP contribution in [0.4, 0.5) is 0 Å². The SMILES string of the molecule is c1ccc(C2(c3nc([C@@H]4CSCCO4)no3)CCC2)cc1. The maximum Gasteiger partial charge on any atom is 0.237 e. The third-order valence-electron chi connectivity index (χ3n) is 4.49. The van der Waals surface area contributed by atoms with Gasteiger partial charge in [0.25, 0.3) is 0 Å². The van der Waals surface area contributed by atoms with Gasteiger partial charge in [-0.15, -0.1) is 0 Å². The molecule has 4 rings (SSSR count). The van der Waals surface area contributed by atoms with Crippen LogP contribution in [0.2, 0.25) is 0 Å². The van der Waals surface area contributed by atoms with E-state index in [4.69, 9.17) is 9.26 Å². The van der Waals surface area contributed by atoms with Crippen LogP contribution in [-0.4, -0.2) is 28.3 Å². The Balaban J connectivity index is 1.64. The minimum absolute atomic E-state index is 0.0193. The van der Waals surface area contributed by atoms with Gasteiger partial charge in [-0.25, -0.2) is 0 Å². The van der Waals surface area contributed by atoms with Gasteiger partial charge in [0.1, 0.15) is 6.10 Å². The molecule has 1 aromatic carbocycles. The van der Waals surface area contributed by atoms with Gasteiger partial charge in [0.05, 0.1) is 12.0 Å². The van der Waals surface area contributed by atoms with Gasteiger partial charge in [0.15, 0.2) is 0 Å². The highest BCUT2D eigenvalue weighted by Gasteiger charge is 2.45. The molecular formula is C16H18N2O2S. The van der Waals surface area contributed by atoms with Crippen molar-refractivity contribution < 1.29 is 9.26 Å². The van der Waals surface area contributed by atoms with Crippen molar-refractivity contribution in [1.29, 1.82) is 0 Å². The van der Waals surface area contributed by atoms with Crippen LogP contribution in [0.25, 0.3) is 0 Å². The van der Waals surface area contributed by atoms with E-state index in [1.807, 2.05) is 17.8 Å². The number of thioether (sulfide) groups is 1. The van der Waals surface area contributed by atoms with E-state index in [-0.39, 0.29) is 11.5 Å². The molecule has 2 fully saturated rings. The molecule has 0 unspecified atom stereocenters. The van der Waals surface area contributed by atoms with Crippen molar-refractivity contribution in [2.24, 2.45) is 0 Å². The minimum Gasteiger partial charge on any atom is -0.368 e. The van der Waals surface area contributed by atoms with Crippen LogP contribution in [0, 0.1) is 0 Å². The van der Waals surface area contributed by atoms with Crippen LogP contribution in [0.3, 0.4) is 0 Å². The molecule has 0 bridgehead atoms. The number of aromatic nitrogens is 2. The Kier molecular flexibility index (Phi) is 3.47. The molecule has 0 N–H and O–H groups in total. The van der Waals surface area contributed by atoms with E-state index >= 15 is 0 Å². The number of ether oxygens (including phenoxy) is 1. The van der Waals surface area contributed by atoms with Gasteiger partial charge in [-0.05, 0) is 18.4 Å². The lowest BCUT2D eigenvalue weighted by atomic mass is 9.64. The van der Waals surface area contributed by atoms with E-state index in [0.29, 0.717) is 5.82 Å². The summed E-state index contributed by atoms with van der Waals surface area (Å²) < 4.78 is 11.4. The largest absolute Gasteiger partial charge is 0.368 e. The summed E-state index contributed by atoms with van der Waals surface area (Å²) in [6.07, 6.45) is 3.36. The second kappa shape index (κ2) is 5.46. The smallest absolute Gasteiger partial charge is 0.237 e. The Morgan fingerprint density at radius 1 is 1.19 bits per heavy atom. The van der Waals surface area contributed by atoms with Crippen LogP contribution in [0.1, 0.15) is 42.6 Å². The third kappa shape index (κ3) is 2.28. The zero-order valence-corrected chi connectivity index (χ0v) is 12.6. The first-order valence-corrected chi connectivity index (χ1v) is 8.63. The Labute approximate surface area is 128 Å². The summed E-state index contributed by atoms with van der Waals surface area (Å²) in [7, 11) is 0. The van der Waals surface area contributed by atoms with Crippen LogP contribution < -0.4 is 0 Å². The Morgan fingerprint density at radius 3 is 2.71 bits per heavy atom. The summed E-state index contributed by atoms with van der Waals surface area (Å²) in [4.78, 5) is 4.69. The molecule has 2 heterocycles. The molecule has 4 nitrogen and oxygen atoms in total. The standard InChI is InChI=1S/C16H18N2O2S/c1-2-5-12(6-3-1)16(7-4-8-16)15-17-14(18-20-15)13-11-21-10-9-19-13/h1-3,5-6,13H,4,7-11H2/t13-/m0/s1. The van der Waals surface area contributed by atoms with Crippen molar-refractivity contribution in [3.8, 4) is 0 Å². The highest BCUT2D eigenvalue weighted by Crippen LogP contribution is 2.48. The number of hydrogen-bond acceptors (Lipinski definition) is 5. The van der Waals surface area contributed by atoms with E-state index in [0.717, 1.165) is 36.8 Å². The first kappa shape index (κ1) is 13.3. The van der Waals surface area contributed by atoms with Gasteiger partial charge in [-0.2, -0.15) is 16.7 Å². The fourth-order valence-corrected chi connectivity index (χ4v) is 3.95. The predicted octanol–water partition coefficient (Wildman–Crippen LogP) is 3.34. The molecule has 1 saturated carbocycles. The van der Waals surface area contributed by atoms with Crippen LogP contribution in [-0.2, 0) is 10.2 Å². The molecule has 110 valence electrons. The van der Waals surface area contributed by atoms with Crippen molar-refractivity contribution in [2.75, 3.05) is 18.1 Å². The first-order valence-electron chi connectivity index (χ1n) is 7.47. The van der Waals surface area contributed by atoms with Crippen LogP contribution in [0.15, 0.2) is 34.9 Å². The van der Waals surface area contributed by atoms with Gasteiger partial charge < -0.3 is 9.26 Å². The molecule has 0 spiro atoms. The number of benzene rings is 1. The summed E-state index contributed by atoms with van der Waals surface area (Å²) in [6, 6.07) is 10.5. The van der Waals surface area contributed by atoms with Gasteiger partial charge in [0, 0.05) is 11.5 Å². The summed E-state index contributed by atoms with van der Waals surface area (Å²) in [5.74, 6) is 3.43. The van der Waals surface area contributed by atoms with Crippen LogP contribution >= 0.6 is 11.8 Å². The molecule has 2 aromatic rings. The minimum atomic E-state index is -0.0751. The predicted molar refractivity (Wildman–Crippen MR) is 81.4 cm³/mol. The number of hydrogen-bond donors (Lipinski definition) is 0. The Hall–Kier alpha value is -1.33. The third-order valence-corrected chi connectivity index (χ3v) is 5.48. The Bertz CT molecular complexity index is 604. The molecule has 0 radical (unpaired) electrons. The highest BCUT2D eigenvalue weighted by molar-refractivity contribution is 7.99. The second-order valence-corrected chi connectivity index (χ2v) is 6.84. The lowest BCUT2D eigenvalue weighted by Crippen LogP contribution is -2.35. The van der Waals surface area contributed by atoms with Gasteiger partial charge in [-0.1, -0.05) is 41.9 Å². The molecule has 21 heavy (non-hydrogen) atoms. The maximum absolute atomic E-state index is 5.74. The van der Waals surface area contributed by atoms with Crippen molar-refractivity contribution in [3.63, 3.8) is 0 Å². The van der Waals surface area contributed by atoms with Crippen molar-refractivity contribution >= 4 is 11.8 Å². The van der Waals surface area contributed by atoms with Gasteiger partial charge in [0.2, 0.25) is 11.7 Å². The average Bonchev–Trinajstić information content (AvgIpc) is 2.98. The maximum atomic E-state index is 5.74. The molecule has 1 atom stereocenters. The molecule has 1 aliphatic heterocycles. The molecule has 0 amide bonds. The zero-order valence-electron chi connectivity index (χ0n) is 11.8. The summed E-state index contributed by atoms with van der Waals surface area (Å²) in [5.41, 5.74) is 1.21. The lowest BCUT2D eigenvalue weighted by Gasteiger charge is -2.38. The summed E-state index contributed by atoms with van der Waals surface area (Å²) >= 11 is 1.88. The van der Waals surface area contributed by atoms with E-state index in [1.54, 1.807) is 0 Å². The van der Waals surface area contributed by atoms with Crippen molar-refractivity contribution in [3.05, 3.63) is 47.6 Å². The van der Waals surface area contributed by atoms with E-state index in [2.05, 4.69) is 34.4 Å². The normalized spacial score (nSPS) is 24.5. The topological polar surface area (TPSA) is 48.2 Å². The molecule has 1 aromatic heterocycles. The Morgan fingerprint density at radius 2 is 2.05 bits per heavy atom. The molecule has 1 aliphatic carbocycles. The lowest BCUT2D eigenvalue weighted by molar-refractivity contribution is 0.0677. The fraction of sp³-hybridized carbons (Fsp3) is 0.500. The fourth-order valence-electron chi connectivity index (χ4n) is 3.11. The molecular weight excluding hydrogens is 284 g/mol. The van der Waals surface area contributed by atoms with Gasteiger partial charge >= 0.3 is 0 Å². The zero-order chi connectivity index (χ0) is 14.1. The average molecular weight is 302 g/mol. The summed E-state index contributed by atoms with van der Waals surface area (Å²) in [5, 5.41) is 4.19. The van der Waals surface area contributed by atoms with Crippen LogP contribution in [0.5, 0.6) is 0 Å². The van der Waals surface area contributed by atoms with Crippen molar-refractivity contribution in [1.82, 2.24) is 10.1 Å². The van der Waals surface area contributed by atoms with Gasteiger partial charge in [-0.3, -0.25) is 0 Å². The van der Waals surface area contributed by atoms with Crippen molar-refractivity contribution in [2.45, 2.75) is 30.8 Å². The molecule has 2 aliphatic rings. The first-order chi connectivity index (χ1) is 10.4. The van der Waals surface area contributed by atoms with E-state index < -0.39 is 0 Å². The number of rotatable bonds is 3. The monoisotopic (exact) mass is 302 g/mol. The number of nitrogens with zero attached hydrogens (tertiary/aromatic N) is 2. The quantitative estimate of drug-likeness (QED) is 0.870. The summed E-state index contributed by atoms with van der Waals surface area (Å²) in [6.45, 7) is 0.767. The molecule has 1 saturated heterocycles. The highest BCUT2D eigenvalue weighted by atomic mass is 32.2. The van der Waals surface area contributed by atoms with E-state index in [9.17, 15) is 0 Å². The second-order valence-electron chi connectivity index (χ2n) is 5.69. The molecule has 5 heteroatoms.